The van der Waals surface area contributed by atoms with Gasteiger partial charge in [0, 0.05) is 16.9 Å². The third-order valence-electron chi connectivity index (χ3n) is 3.92. The molecule has 1 heterocycles. The Hall–Kier alpha value is -2.61. The number of carbonyl (C=O) groups is 1. The second-order valence-corrected chi connectivity index (χ2v) is 7.25. The second kappa shape index (κ2) is 9.54. The molecule has 1 atom stereocenters. The van der Waals surface area contributed by atoms with Gasteiger partial charge >= 0.3 is 0 Å². The summed E-state index contributed by atoms with van der Waals surface area (Å²) in [6, 6.07) is 14.0. The van der Waals surface area contributed by atoms with E-state index in [1.807, 2.05) is 0 Å². The summed E-state index contributed by atoms with van der Waals surface area (Å²) in [5.74, 6) is 1.03. The predicted octanol–water partition coefficient (Wildman–Crippen LogP) is 3.85. The number of hydrogen-bond acceptors (Lipinski definition) is 6. The van der Waals surface area contributed by atoms with E-state index in [1.54, 1.807) is 61.0 Å². The highest BCUT2D eigenvalue weighted by Crippen LogP contribution is 2.19. The highest BCUT2D eigenvalue weighted by Gasteiger charge is 2.14. The van der Waals surface area contributed by atoms with Crippen molar-refractivity contribution in [3.8, 4) is 11.5 Å². The molecule has 28 heavy (non-hydrogen) atoms. The van der Waals surface area contributed by atoms with Gasteiger partial charge in [0.05, 0.1) is 13.2 Å². The first-order valence-corrected chi connectivity index (χ1v) is 9.74. The number of hydrogen-bond donors (Lipinski definition) is 2. The van der Waals surface area contributed by atoms with Crippen molar-refractivity contribution >= 4 is 28.8 Å². The number of benzene rings is 2. The zero-order valence-electron chi connectivity index (χ0n) is 15.1. The van der Waals surface area contributed by atoms with E-state index in [4.69, 9.17) is 21.1 Å². The van der Waals surface area contributed by atoms with Crippen LogP contribution in [0.4, 0.5) is 0 Å². The second-order valence-electron chi connectivity index (χ2n) is 5.87. The first kappa shape index (κ1) is 20.1. The molecular formula is C20H19ClN2O4S. The summed E-state index contributed by atoms with van der Waals surface area (Å²) >= 11 is 7.17. The van der Waals surface area contributed by atoms with Crippen LogP contribution < -0.4 is 14.8 Å². The van der Waals surface area contributed by atoms with E-state index in [-0.39, 0.29) is 19.1 Å². The fourth-order valence-corrected chi connectivity index (χ4v) is 3.19. The molecule has 1 aromatic heterocycles. The van der Waals surface area contributed by atoms with Crippen LogP contribution in [0.3, 0.4) is 0 Å². The SMILES string of the molecule is COc1ccc(C(O)CNC(=O)c2csc(COc3ccc(Cl)cc3)n2)cc1. The van der Waals surface area contributed by atoms with Gasteiger partial charge in [-0.05, 0) is 42.0 Å². The molecular weight excluding hydrogens is 400 g/mol. The average molecular weight is 419 g/mol. The lowest BCUT2D eigenvalue weighted by Crippen LogP contribution is -2.28. The van der Waals surface area contributed by atoms with Crippen LogP contribution in [0.25, 0.3) is 0 Å². The molecule has 0 saturated heterocycles. The van der Waals surface area contributed by atoms with Crippen molar-refractivity contribution in [2.24, 2.45) is 0 Å². The van der Waals surface area contributed by atoms with Crippen LogP contribution in [0, 0.1) is 0 Å². The van der Waals surface area contributed by atoms with Gasteiger partial charge in [-0.3, -0.25) is 4.79 Å². The Bertz CT molecular complexity index is 913. The number of amides is 1. The molecule has 0 fully saturated rings. The zero-order valence-corrected chi connectivity index (χ0v) is 16.7. The maximum Gasteiger partial charge on any atom is 0.270 e. The maximum atomic E-state index is 12.3. The van der Waals surface area contributed by atoms with Gasteiger partial charge in [-0.2, -0.15) is 0 Å². The van der Waals surface area contributed by atoms with Crippen LogP contribution in [0.15, 0.2) is 53.9 Å². The molecule has 0 bridgehead atoms. The Morgan fingerprint density at radius 1 is 1.18 bits per heavy atom. The first-order chi connectivity index (χ1) is 13.5. The van der Waals surface area contributed by atoms with E-state index >= 15 is 0 Å². The summed E-state index contributed by atoms with van der Waals surface area (Å²) in [6.45, 7) is 0.341. The number of nitrogens with zero attached hydrogens (tertiary/aromatic N) is 1. The maximum absolute atomic E-state index is 12.3. The van der Waals surface area contributed by atoms with Crippen LogP contribution in [-0.2, 0) is 6.61 Å². The number of ether oxygens (including phenoxy) is 2. The molecule has 0 radical (unpaired) electrons. The smallest absolute Gasteiger partial charge is 0.270 e. The Kier molecular flexibility index (Phi) is 6.86. The summed E-state index contributed by atoms with van der Waals surface area (Å²) in [7, 11) is 1.58. The number of halogens is 1. The average Bonchev–Trinajstić information content (AvgIpc) is 3.20. The van der Waals surface area contributed by atoms with Gasteiger partial charge in [0.1, 0.15) is 28.8 Å². The normalized spacial score (nSPS) is 11.7. The minimum absolute atomic E-state index is 0.0826. The monoisotopic (exact) mass is 418 g/mol. The van der Waals surface area contributed by atoms with E-state index in [0.29, 0.717) is 32.8 Å². The lowest BCUT2D eigenvalue weighted by Gasteiger charge is -2.12. The Labute approximate surface area is 171 Å². The number of aromatic nitrogens is 1. The molecule has 3 rings (SSSR count). The van der Waals surface area contributed by atoms with Gasteiger partial charge in [-0.15, -0.1) is 11.3 Å². The van der Waals surface area contributed by atoms with Crippen LogP contribution in [0.2, 0.25) is 5.02 Å². The summed E-state index contributed by atoms with van der Waals surface area (Å²) in [5, 5.41) is 15.9. The molecule has 2 aromatic carbocycles. The number of carbonyl (C=O) groups excluding carboxylic acids is 1. The number of rotatable bonds is 8. The van der Waals surface area contributed by atoms with E-state index in [9.17, 15) is 9.90 Å². The molecule has 1 amide bonds. The fourth-order valence-electron chi connectivity index (χ4n) is 2.38. The molecule has 0 spiro atoms. The van der Waals surface area contributed by atoms with Crippen molar-refractivity contribution in [2.45, 2.75) is 12.7 Å². The van der Waals surface area contributed by atoms with Crippen molar-refractivity contribution in [2.75, 3.05) is 13.7 Å². The molecule has 2 N–H and O–H groups in total. The van der Waals surface area contributed by atoms with E-state index in [0.717, 1.165) is 0 Å². The van der Waals surface area contributed by atoms with Crippen molar-refractivity contribution in [3.05, 3.63) is 75.2 Å². The standard InChI is InChI=1S/C20H19ClN2O4S/c1-26-15-6-2-13(3-7-15)18(24)10-22-20(25)17-12-28-19(23-17)11-27-16-8-4-14(21)5-9-16/h2-9,12,18,24H,10-11H2,1H3,(H,22,25). The van der Waals surface area contributed by atoms with Crippen molar-refractivity contribution in [1.29, 1.82) is 0 Å². The summed E-state index contributed by atoms with van der Waals surface area (Å²) < 4.78 is 10.7. The van der Waals surface area contributed by atoms with E-state index in [1.165, 1.54) is 11.3 Å². The molecule has 6 nitrogen and oxygen atoms in total. The fraction of sp³-hybridized carbons (Fsp3) is 0.200. The van der Waals surface area contributed by atoms with E-state index in [2.05, 4.69) is 10.3 Å². The number of methoxy groups -OCH3 is 1. The van der Waals surface area contributed by atoms with Crippen molar-refractivity contribution in [1.82, 2.24) is 10.3 Å². The van der Waals surface area contributed by atoms with E-state index < -0.39 is 6.10 Å². The van der Waals surface area contributed by atoms with Gasteiger partial charge < -0.3 is 19.9 Å². The molecule has 0 saturated carbocycles. The number of aliphatic hydroxyl groups is 1. The van der Waals surface area contributed by atoms with Gasteiger partial charge in [0.15, 0.2) is 0 Å². The quantitative estimate of drug-likeness (QED) is 0.580. The summed E-state index contributed by atoms with van der Waals surface area (Å²) in [6.07, 6.45) is -0.818. The lowest BCUT2D eigenvalue weighted by molar-refractivity contribution is 0.0911. The Balaban J connectivity index is 1.49. The minimum Gasteiger partial charge on any atom is -0.497 e. The molecule has 3 aromatic rings. The highest BCUT2D eigenvalue weighted by atomic mass is 35.5. The third-order valence-corrected chi connectivity index (χ3v) is 4.99. The first-order valence-electron chi connectivity index (χ1n) is 8.48. The number of nitrogens with one attached hydrogen (secondary N) is 1. The van der Waals surface area contributed by atoms with Crippen LogP contribution >= 0.6 is 22.9 Å². The Morgan fingerprint density at radius 2 is 1.86 bits per heavy atom. The minimum atomic E-state index is -0.818. The highest BCUT2D eigenvalue weighted by molar-refractivity contribution is 7.09. The summed E-state index contributed by atoms with van der Waals surface area (Å²) in [5.41, 5.74) is 0.984. The molecule has 0 aliphatic carbocycles. The summed E-state index contributed by atoms with van der Waals surface area (Å²) in [4.78, 5) is 16.5. The van der Waals surface area contributed by atoms with Crippen molar-refractivity contribution in [3.63, 3.8) is 0 Å². The number of aliphatic hydroxyl groups excluding tert-OH is 1. The van der Waals surface area contributed by atoms with Gasteiger partial charge in [-0.1, -0.05) is 23.7 Å². The van der Waals surface area contributed by atoms with Gasteiger partial charge in [0.2, 0.25) is 0 Å². The van der Waals surface area contributed by atoms with Gasteiger partial charge in [0.25, 0.3) is 5.91 Å². The largest absolute Gasteiger partial charge is 0.497 e. The van der Waals surface area contributed by atoms with Crippen LogP contribution in [-0.4, -0.2) is 29.7 Å². The van der Waals surface area contributed by atoms with Crippen LogP contribution in [0.1, 0.15) is 27.2 Å². The van der Waals surface area contributed by atoms with Crippen molar-refractivity contribution < 1.29 is 19.4 Å². The number of thiazole rings is 1. The molecule has 0 aliphatic rings. The zero-order chi connectivity index (χ0) is 19.9. The molecule has 8 heteroatoms. The topological polar surface area (TPSA) is 80.7 Å². The predicted molar refractivity (Wildman–Crippen MR) is 108 cm³/mol. The van der Waals surface area contributed by atoms with Crippen LogP contribution in [0.5, 0.6) is 11.5 Å². The van der Waals surface area contributed by atoms with Gasteiger partial charge in [-0.25, -0.2) is 4.98 Å². The lowest BCUT2D eigenvalue weighted by atomic mass is 10.1. The molecule has 146 valence electrons. The molecule has 1 unspecified atom stereocenters. The Morgan fingerprint density at radius 3 is 2.54 bits per heavy atom. The molecule has 0 aliphatic heterocycles. The third kappa shape index (κ3) is 5.45.